The van der Waals surface area contributed by atoms with Gasteiger partial charge in [0, 0.05) is 34.7 Å². The van der Waals surface area contributed by atoms with E-state index in [0.29, 0.717) is 16.9 Å². The number of aromatic hydroxyl groups is 1. The molecule has 3 heterocycles. The number of phenols is 1. The molecule has 0 unspecified atom stereocenters. The van der Waals surface area contributed by atoms with Crippen LogP contribution >= 0.6 is 0 Å². The third-order valence-electron chi connectivity index (χ3n) is 5.49. The Morgan fingerprint density at radius 1 is 0.595 bits per heavy atom. The molecule has 0 aliphatic carbocycles. The summed E-state index contributed by atoms with van der Waals surface area (Å²) < 4.78 is 29.2. The Balaban J connectivity index is 0.000000237. The number of benzene rings is 3. The maximum Gasteiger partial charge on any atom is 0.294 e. The van der Waals surface area contributed by atoms with Crippen LogP contribution in [-0.2, 0) is 10.1 Å². The molecule has 2 N–H and O–H groups in total. The van der Waals surface area contributed by atoms with Crippen molar-refractivity contribution in [3.63, 3.8) is 0 Å². The second kappa shape index (κ2) is 10.1. The summed E-state index contributed by atoms with van der Waals surface area (Å²) in [5, 5.41) is 21.5. The Kier molecular flexibility index (Phi) is 6.50. The maximum absolute atomic E-state index is 10.4. The highest BCUT2D eigenvalue weighted by Gasteiger charge is 2.08. The molecule has 182 valence electrons. The minimum Gasteiger partial charge on any atom is -0.506 e. The van der Waals surface area contributed by atoms with Gasteiger partial charge in [-0.3, -0.25) is 19.5 Å². The van der Waals surface area contributed by atoms with E-state index in [1.165, 1.54) is 12.1 Å². The standard InChI is InChI=1S/C21H13N5O.C6H6O3S/c27-18-8-7-16(14-4-2-11-23-20(14)18)25-26-17-9-12-24-21-15(17)6-5-13-3-1-10-22-19(13)21;7-10(8,9)6-4-2-1-3-5-6/h1-12,27H;1-5H,(H,7,8,9). The van der Waals surface area contributed by atoms with E-state index in [9.17, 15) is 13.5 Å². The van der Waals surface area contributed by atoms with Crippen molar-refractivity contribution in [2.24, 2.45) is 10.2 Å². The number of phenolic OH excluding ortho intramolecular Hbond substituents is 1. The number of aromatic nitrogens is 3. The van der Waals surface area contributed by atoms with Crippen molar-refractivity contribution < 1.29 is 18.1 Å². The van der Waals surface area contributed by atoms with Gasteiger partial charge in [0.05, 0.1) is 27.3 Å². The molecule has 6 aromatic rings. The molecule has 0 saturated heterocycles. The summed E-state index contributed by atoms with van der Waals surface area (Å²) >= 11 is 0. The Labute approximate surface area is 211 Å². The van der Waals surface area contributed by atoms with Gasteiger partial charge in [-0.1, -0.05) is 30.3 Å². The van der Waals surface area contributed by atoms with Gasteiger partial charge in [0.15, 0.2) is 0 Å². The van der Waals surface area contributed by atoms with E-state index in [4.69, 9.17) is 4.55 Å². The number of hydrogen-bond donors (Lipinski definition) is 2. The molecule has 0 radical (unpaired) electrons. The average Bonchev–Trinajstić information content (AvgIpc) is 2.93. The number of nitrogens with zero attached hydrogens (tertiary/aromatic N) is 5. The molecule has 0 amide bonds. The van der Waals surface area contributed by atoms with Crippen LogP contribution in [-0.4, -0.2) is 33.0 Å². The lowest BCUT2D eigenvalue weighted by atomic mass is 10.1. The third-order valence-corrected chi connectivity index (χ3v) is 6.36. The number of rotatable bonds is 3. The van der Waals surface area contributed by atoms with Gasteiger partial charge < -0.3 is 5.11 Å². The Morgan fingerprint density at radius 3 is 1.97 bits per heavy atom. The molecule has 6 rings (SSSR count). The summed E-state index contributed by atoms with van der Waals surface area (Å²) in [6.45, 7) is 0. The van der Waals surface area contributed by atoms with Crippen LogP contribution in [0.1, 0.15) is 0 Å². The fraction of sp³-hybridized carbons (Fsp3) is 0. The lowest BCUT2D eigenvalue weighted by Crippen LogP contribution is -1.96. The van der Waals surface area contributed by atoms with Gasteiger partial charge in [-0.25, -0.2) is 0 Å². The van der Waals surface area contributed by atoms with Crippen LogP contribution in [0.2, 0.25) is 0 Å². The molecule has 0 fully saturated rings. The Morgan fingerprint density at radius 2 is 1.24 bits per heavy atom. The summed E-state index contributed by atoms with van der Waals surface area (Å²) in [4.78, 5) is 13.1. The maximum atomic E-state index is 10.4. The molecule has 0 bridgehead atoms. The first-order chi connectivity index (χ1) is 17.9. The second-order valence-corrected chi connectivity index (χ2v) is 9.28. The quantitative estimate of drug-likeness (QED) is 0.160. The molecule has 3 aromatic carbocycles. The van der Waals surface area contributed by atoms with Crippen molar-refractivity contribution in [3.05, 3.63) is 104 Å². The molecule has 37 heavy (non-hydrogen) atoms. The van der Waals surface area contributed by atoms with Gasteiger partial charge in [-0.05, 0) is 54.6 Å². The summed E-state index contributed by atoms with van der Waals surface area (Å²) in [6, 6.07) is 24.1. The first-order valence-electron chi connectivity index (χ1n) is 11.1. The summed E-state index contributed by atoms with van der Waals surface area (Å²) in [5.74, 6) is 0.122. The van der Waals surface area contributed by atoms with Crippen molar-refractivity contribution in [3.8, 4) is 5.75 Å². The van der Waals surface area contributed by atoms with Crippen molar-refractivity contribution >= 4 is 54.2 Å². The lowest BCUT2D eigenvalue weighted by Gasteiger charge is -2.05. The predicted octanol–water partition coefficient (Wildman–Crippen LogP) is 6.39. The Bertz CT molecular complexity index is 1880. The molecular formula is C27H19N5O4S. The zero-order valence-corrected chi connectivity index (χ0v) is 20.0. The van der Waals surface area contributed by atoms with Crippen LogP contribution in [0.5, 0.6) is 5.75 Å². The first kappa shape index (κ1) is 23.9. The van der Waals surface area contributed by atoms with Gasteiger partial charge in [-0.15, -0.1) is 10.2 Å². The topological polar surface area (TPSA) is 138 Å². The monoisotopic (exact) mass is 509 g/mol. The summed E-state index contributed by atoms with van der Waals surface area (Å²) in [6.07, 6.45) is 5.10. The van der Waals surface area contributed by atoms with Crippen LogP contribution < -0.4 is 0 Å². The Hall–Kier alpha value is -4.80. The number of hydrogen-bond acceptors (Lipinski definition) is 8. The van der Waals surface area contributed by atoms with E-state index in [2.05, 4.69) is 25.2 Å². The highest BCUT2D eigenvalue weighted by atomic mass is 32.2. The van der Waals surface area contributed by atoms with Crippen LogP contribution in [0, 0.1) is 0 Å². The second-order valence-electron chi connectivity index (χ2n) is 7.86. The van der Waals surface area contributed by atoms with Crippen LogP contribution in [0.4, 0.5) is 11.4 Å². The molecule has 0 aliphatic rings. The average molecular weight is 510 g/mol. The van der Waals surface area contributed by atoms with Crippen molar-refractivity contribution in [2.75, 3.05) is 0 Å². The molecule has 0 spiro atoms. The zero-order chi connectivity index (χ0) is 25.8. The fourth-order valence-corrected chi connectivity index (χ4v) is 4.26. The normalized spacial score (nSPS) is 11.6. The highest BCUT2D eigenvalue weighted by Crippen LogP contribution is 2.34. The van der Waals surface area contributed by atoms with Gasteiger partial charge in [0.25, 0.3) is 10.1 Å². The number of fused-ring (bicyclic) bond motifs is 4. The molecule has 3 aromatic heterocycles. The van der Waals surface area contributed by atoms with Gasteiger partial charge in [0.2, 0.25) is 0 Å². The van der Waals surface area contributed by atoms with Gasteiger partial charge >= 0.3 is 0 Å². The minimum absolute atomic E-state index is 0.0741. The number of pyridine rings is 3. The zero-order valence-electron chi connectivity index (χ0n) is 19.2. The molecule has 0 saturated carbocycles. The molecule has 0 aliphatic heterocycles. The lowest BCUT2D eigenvalue weighted by molar-refractivity contribution is 0.480. The van der Waals surface area contributed by atoms with Crippen LogP contribution in [0.15, 0.2) is 119 Å². The summed E-state index contributed by atoms with van der Waals surface area (Å²) in [7, 11) is -4.00. The predicted molar refractivity (Wildman–Crippen MR) is 141 cm³/mol. The molecule has 9 nitrogen and oxygen atoms in total. The number of azo groups is 1. The van der Waals surface area contributed by atoms with Crippen molar-refractivity contribution in [1.29, 1.82) is 0 Å². The van der Waals surface area contributed by atoms with E-state index in [-0.39, 0.29) is 10.6 Å². The highest BCUT2D eigenvalue weighted by molar-refractivity contribution is 7.85. The third kappa shape index (κ3) is 5.10. The molecule has 0 atom stereocenters. The molecule has 10 heteroatoms. The van der Waals surface area contributed by atoms with Crippen LogP contribution in [0.3, 0.4) is 0 Å². The first-order valence-corrected chi connectivity index (χ1v) is 12.5. The van der Waals surface area contributed by atoms with Gasteiger partial charge in [-0.2, -0.15) is 8.42 Å². The van der Waals surface area contributed by atoms with E-state index >= 15 is 0 Å². The van der Waals surface area contributed by atoms with Gasteiger partial charge in [0.1, 0.15) is 11.3 Å². The SMILES string of the molecule is O=S(=O)(O)c1ccccc1.Oc1ccc(N=Nc2ccnc3c2ccc2cccnc23)c2cccnc12. The van der Waals surface area contributed by atoms with E-state index in [1.54, 1.807) is 55.0 Å². The van der Waals surface area contributed by atoms with Crippen molar-refractivity contribution in [2.45, 2.75) is 4.90 Å². The largest absolute Gasteiger partial charge is 0.506 e. The smallest absolute Gasteiger partial charge is 0.294 e. The summed E-state index contributed by atoms with van der Waals surface area (Å²) in [5.41, 5.74) is 3.48. The van der Waals surface area contributed by atoms with E-state index in [0.717, 1.165) is 27.2 Å². The van der Waals surface area contributed by atoms with Crippen molar-refractivity contribution in [1.82, 2.24) is 15.0 Å². The van der Waals surface area contributed by atoms with Crippen LogP contribution in [0.25, 0.3) is 32.7 Å². The minimum atomic E-state index is -4.00. The fourth-order valence-electron chi connectivity index (χ4n) is 3.76. The molecular weight excluding hydrogens is 490 g/mol. The van der Waals surface area contributed by atoms with E-state index in [1.807, 2.05) is 36.4 Å². The van der Waals surface area contributed by atoms with E-state index < -0.39 is 10.1 Å².